The van der Waals surface area contributed by atoms with Crippen LogP contribution in [0.25, 0.3) is 10.9 Å². The SMILES string of the molecule is NCCN(CN)C(=O)CC[C@H](N)C(=O)N[C@H](Cc1ccc(OC(F)(F)F)cc1)C(=O)Nc1c[nH+]c2ccccc2c1. The van der Waals surface area contributed by atoms with E-state index < -0.39 is 36.0 Å². The first kappa shape index (κ1) is 31.3. The lowest BCUT2D eigenvalue weighted by Gasteiger charge is -2.22. The summed E-state index contributed by atoms with van der Waals surface area (Å²) < 4.78 is 41.5. The molecule has 0 radical (unpaired) electrons. The molecule has 3 amide bonds. The summed E-state index contributed by atoms with van der Waals surface area (Å²) in [6.07, 6.45) is -3.40. The highest BCUT2D eigenvalue weighted by molar-refractivity contribution is 5.98. The van der Waals surface area contributed by atoms with E-state index >= 15 is 0 Å². The van der Waals surface area contributed by atoms with Gasteiger partial charge in [0.25, 0.3) is 0 Å². The lowest BCUT2D eigenvalue weighted by atomic mass is 10.0. The second-order valence-corrected chi connectivity index (χ2v) is 9.20. The number of ether oxygens (including phenoxy) is 1. The maximum absolute atomic E-state index is 13.3. The van der Waals surface area contributed by atoms with Gasteiger partial charge in [-0.2, -0.15) is 0 Å². The normalized spacial score (nSPS) is 12.8. The van der Waals surface area contributed by atoms with Crippen LogP contribution in [0.5, 0.6) is 5.75 Å². The molecular formula is C27H33F3N7O4+. The summed E-state index contributed by atoms with van der Waals surface area (Å²) in [5, 5.41) is 6.18. The van der Waals surface area contributed by atoms with Gasteiger partial charge >= 0.3 is 6.36 Å². The molecule has 0 bridgehead atoms. The molecule has 220 valence electrons. The van der Waals surface area contributed by atoms with E-state index in [9.17, 15) is 27.6 Å². The van der Waals surface area contributed by atoms with Crippen LogP contribution in [0, 0.1) is 0 Å². The highest BCUT2D eigenvalue weighted by Gasteiger charge is 2.31. The summed E-state index contributed by atoms with van der Waals surface area (Å²) in [7, 11) is 0. The Bertz CT molecular complexity index is 1340. The molecule has 1 aromatic heterocycles. The molecule has 1 heterocycles. The fraction of sp³-hybridized carbons (Fsp3) is 0.333. The lowest BCUT2D eigenvalue weighted by molar-refractivity contribution is -0.343. The smallest absolute Gasteiger partial charge is 0.406 e. The maximum atomic E-state index is 13.3. The molecule has 2 aromatic carbocycles. The summed E-state index contributed by atoms with van der Waals surface area (Å²) >= 11 is 0. The largest absolute Gasteiger partial charge is 0.573 e. The Morgan fingerprint density at radius 2 is 1.73 bits per heavy atom. The number of halogens is 3. The number of fused-ring (bicyclic) bond motifs is 1. The second kappa shape index (κ2) is 14.4. The van der Waals surface area contributed by atoms with Crippen molar-refractivity contribution in [1.29, 1.82) is 0 Å². The third-order valence-corrected chi connectivity index (χ3v) is 6.13. The zero-order chi connectivity index (χ0) is 30.0. The van der Waals surface area contributed by atoms with Crippen LogP contribution in [0.4, 0.5) is 18.9 Å². The minimum atomic E-state index is -4.85. The predicted molar refractivity (Wildman–Crippen MR) is 145 cm³/mol. The minimum absolute atomic E-state index is 0.0107. The van der Waals surface area contributed by atoms with Crippen LogP contribution in [0.1, 0.15) is 18.4 Å². The van der Waals surface area contributed by atoms with Crippen LogP contribution in [0.3, 0.4) is 0 Å². The Morgan fingerprint density at radius 3 is 2.39 bits per heavy atom. The van der Waals surface area contributed by atoms with Crippen molar-refractivity contribution < 1.29 is 37.3 Å². The number of para-hydroxylation sites is 1. The Kier molecular flexibility index (Phi) is 11.0. The molecule has 0 aliphatic rings. The van der Waals surface area contributed by atoms with Gasteiger partial charge < -0.3 is 37.5 Å². The first-order valence-electron chi connectivity index (χ1n) is 12.8. The first-order chi connectivity index (χ1) is 19.5. The van der Waals surface area contributed by atoms with Crippen molar-refractivity contribution in [1.82, 2.24) is 10.2 Å². The fourth-order valence-electron chi connectivity index (χ4n) is 4.01. The number of benzene rings is 2. The molecule has 0 aliphatic carbocycles. The number of amides is 3. The predicted octanol–water partition coefficient (Wildman–Crippen LogP) is 1.03. The minimum Gasteiger partial charge on any atom is -0.406 e. The molecule has 3 rings (SSSR count). The van der Waals surface area contributed by atoms with E-state index in [2.05, 4.69) is 20.4 Å². The van der Waals surface area contributed by atoms with Crippen LogP contribution in [-0.4, -0.2) is 60.8 Å². The topological polar surface area (TPSA) is 180 Å². The molecule has 0 spiro atoms. The molecule has 11 nitrogen and oxygen atoms in total. The zero-order valence-corrected chi connectivity index (χ0v) is 22.1. The van der Waals surface area contributed by atoms with Gasteiger partial charge in [0.2, 0.25) is 23.2 Å². The van der Waals surface area contributed by atoms with Gasteiger partial charge in [-0.1, -0.05) is 24.3 Å². The van der Waals surface area contributed by atoms with Crippen LogP contribution in [-0.2, 0) is 20.8 Å². The molecule has 14 heteroatoms. The van der Waals surface area contributed by atoms with Crippen molar-refractivity contribution in [2.45, 2.75) is 37.7 Å². The van der Waals surface area contributed by atoms with Gasteiger partial charge in [0.15, 0.2) is 6.20 Å². The van der Waals surface area contributed by atoms with Crippen molar-refractivity contribution >= 4 is 34.3 Å². The standard InChI is InChI=1S/C27H32F3N7O4/c28-27(29,30)41-20-7-5-17(6-8-20)13-23(26(40)35-19-14-18-3-1-2-4-22(18)34-15-19)36-25(39)21(33)9-10-24(38)37(16-32)12-11-31/h1-8,14-15,21,23H,9-13,16,31-33H2,(H,35,40)(H,36,39)/p+1/t21-,23+/m0/s1. The van der Waals surface area contributed by atoms with Gasteiger partial charge in [0.1, 0.15) is 17.5 Å². The van der Waals surface area contributed by atoms with Crippen molar-refractivity contribution in [3.63, 3.8) is 0 Å². The number of alkyl halides is 3. The number of aromatic nitrogens is 1. The Hall–Kier alpha value is -4.27. The fourth-order valence-corrected chi connectivity index (χ4v) is 4.01. The quantitative estimate of drug-likeness (QED) is 0.189. The number of aromatic amines is 1. The number of hydrogen-bond acceptors (Lipinski definition) is 7. The molecule has 0 unspecified atom stereocenters. The van der Waals surface area contributed by atoms with Crippen molar-refractivity contribution in [2.75, 3.05) is 25.1 Å². The molecule has 0 saturated carbocycles. The summed E-state index contributed by atoms with van der Waals surface area (Å²) in [5.41, 5.74) is 18.8. The molecular weight excluding hydrogens is 543 g/mol. The van der Waals surface area contributed by atoms with E-state index in [1.54, 1.807) is 12.3 Å². The number of anilines is 1. The lowest BCUT2D eigenvalue weighted by Crippen LogP contribution is -2.51. The van der Waals surface area contributed by atoms with Crippen molar-refractivity contribution in [3.8, 4) is 5.75 Å². The average molecular weight is 577 g/mol. The third-order valence-electron chi connectivity index (χ3n) is 6.13. The molecule has 2 atom stereocenters. The van der Waals surface area contributed by atoms with E-state index in [1.165, 1.54) is 17.0 Å². The molecule has 41 heavy (non-hydrogen) atoms. The summed E-state index contributed by atoms with van der Waals surface area (Å²) in [6.45, 7) is 0.460. The van der Waals surface area contributed by atoms with E-state index in [1.807, 2.05) is 24.3 Å². The zero-order valence-electron chi connectivity index (χ0n) is 22.1. The second-order valence-electron chi connectivity index (χ2n) is 9.20. The van der Waals surface area contributed by atoms with Crippen LogP contribution < -0.4 is 37.6 Å². The van der Waals surface area contributed by atoms with E-state index in [0.717, 1.165) is 23.0 Å². The van der Waals surface area contributed by atoms with Crippen LogP contribution >= 0.6 is 0 Å². The van der Waals surface area contributed by atoms with Gasteiger partial charge in [-0.15, -0.1) is 13.2 Å². The van der Waals surface area contributed by atoms with E-state index in [-0.39, 0.29) is 44.9 Å². The Morgan fingerprint density at radius 1 is 1.02 bits per heavy atom. The number of nitrogens with zero attached hydrogens (tertiary/aromatic N) is 1. The van der Waals surface area contributed by atoms with E-state index in [4.69, 9.17) is 17.2 Å². The highest BCUT2D eigenvalue weighted by Crippen LogP contribution is 2.23. The molecule has 0 saturated heterocycles. The highest BCUT2D eigenvalue weighted by atomic mass is 19.4. The van der Waals surface area contributed by atoms with E-state index in [0.29, 0.717) is 11.3 Å². The number of H-pyrrole nitrogens is 1. The van der Waals surface area contributed by atoms with Crippen LogP contribution in [0.15, 0.2) is 60.8 Å². The van der Waals surface area contributed by atoms with Crippen molar-refractivity contribution in [3.05, 3.63) is 66.4 Å². The summed E-state index contributed by atoms with van der Waals surface area (Å²) in [4.78, 5) is 43.0. The Balaban J connectivity index is 1.73. The molecule has 9 N–H and O–H groups in total. The number of hydrogen-bond donors (Lipinski definition) is 5. The van der Waals surface area contributed by atoms with Gasteiger partial charge in [0, 0.05) is 37.4 Å². The molecule has 3 aromatic rings. The van der Waals surface area contributed by atoms with Crippen molar-refractivity contribution in [2.24, 2.45) is 17.2 Å². The number of nitrogens with one attached hydrogen (secondary N) is 3. The average Bonchev–Trinajstić information content (AvgIpc) is 2.94. The monoisotopic (exact) mass is 576 g/mol. The number of nitrogens with two attached hydrogens (primary N) is 3. The third kappa shape index (κ3) is 9.70. The van der Waals surface area contributed by atoms with Gasteiger partial charge in [0.05, 0.1) is 12.7 Å². The van der Waals surface area contributed by atoms with Gasteiger partial charge in [-0.25, -0.2) is 4.98 Å². The number of carbonyl (C=O) groups is 3. The summed E-state index contributed by atoms with van der Waals surface area (Å²) in [5.74, 6) is -2.01. The number of carbonyl (C=O) groups excluding carboxylic acids is 3. The Labute approximate surface area is 234 Å². The maximum Gasteiger partial charge on any atom is 0.573 e. The van der Waals surface area contributed by atoms with Gasteiger partial charge in [-0.05, 0) is 36.2 Å². The molecule has 0 aliphatic heterocycles. The number of pyridine rings is 1. The molecule has 0 fully saturated rings. The van der Waals surface area contributed by atoms with Crippen LogP contribution in [0.2, 0.25) is 0 Å². The first-order valence-corrected chi connectivity index (χ1v) is 12.8. The number of rotatable bonds is 13. The summed E-state index contributed by atoms with van der Waals surface area (Å²) in [6, 6.07) is 11.8. The van der Waals surface area contributed by atoms with Gasteiger partial charge in [-0.3, -0.25) is 14.4 Å².